The van der Waals surface area contributed by atoms with E-state index in [1.165, 1.54) is 22.0 Å². The van der Waals surface area contributed by atoms with E-state index in [2.05, 4.69) is 5.10 Å². The lowest BCUT2D eigenvalue weighted by Crippen LogP contribution is -2.51. The van der Waals surface area contributed by atoms with E-state index in [0.717, 1.165) is 12.8 Å². The maximum absolute atomic E-state index is 13.0. The third-order valence-corrected chi connectivity index (χ3v) is 4.65. The van der Waals surface area contributed by atoms with E-state index in [4.69, 9.17) is 0 Å². The number of hydrogen-bond acceptors (Lipinski definition) is 4. The number of carbonyl (C=O) groups is 3. The predicted molar refractivity (Wildman–Crippen MR) is 90.6 cm³/mol. The molecule has 26 heavy (non-hydrogen) atoms. The summed E-state index contributed by atoms with van der Waals surface area (Å²) in [5.74, 6) is -2.04. The first-order valence-corrected chi connectivity index (χ1v) is 8.62. The molecule has 1 aromatic rings. The highest BCUT2D eigenvalue weighted by Gasteiger charge is 2.35. The van der Waals surface area contributed by atoms with Gasteiger partial charge in [-0.15, -0.1) is 0 Å². The molecule has 0 unspecified atom stereocenters. The Balaban J connectivity index is 1.77. The fraction of sp³-hybridized carbons (Fsp3) is 0.444. The van der Waals surface area contributed by atoms with Gasteiger partial charge in [0.15, 0.2) is 0 Å². The summed E-state index contributed by atoms with van der Waals surface area (Å²) in [6, 6.07) is 4.86. The Bertz CT molecular complexity index is 747. The number of halogens is 1. The first kappa shape index (κ1) is 18.0. The second-order valence-electron chi connectivity index (χ2n) is 6.47. The molecule has 2 aliphatic rings. The van der Waals surface area contributed by atoms with Crippen LogP contribution in [0.3, 0.4) is 0 Å². The average Bonchev–Trinajstić information content (AvgIpc) is 2.64. The van der Waals surface area contributed by atoms with Gasteiger partial charge in [-0.3, -0.25) is 9.59 Å². The second kappa shape index (κ2) is 7.63. The molecule has 2 aliphatic heterocycles. The molecule has 0 radical (unpaired) electrons. The molecular weight excluding hydrogens is 341 g/mol. The van der Waals surface area contributed by atoms with E-state index in [-0.39, 0.29) is 36.8 Å². The Hall–Kier alpha value is -2.77. The van der Waals surface area contributed by atoms with Crippen LogP contribution in [0, 0.1) is 5.82 Å². The highest BCUT2D eigenvalue weighted by Crippen LogP contribution is 2.21. The maximum atomic E-state index is 13.0. The Labute approximate surface area is 150 Å². The second-order valence-corrected chi connectivity index (χ2v) is 6.47. The van der Waals surface area contributed by atoms with E-state index in [1.807, 2.05) is 0 Å². The molecule has 7 nitrogen and oxygen atoms in total. The highest BCUT2D eigenvalue weighted by atomic mass is 19.1. The number of aliphatic carboxylic acids is 1. The molecule has 2 amide bonds. The van der Waals surface area contributed by atoms with Crippen LogP contribution >= 0.6 is 0 Å². The predicted octanol–water partition coefficient (Wildman–Crippen LogP) is 1.77. The van der Waals surface area contributed by atoms with E-state index in [1.54, 1.807) is 12.1 Å². The molecule has 2 heterocycles. The van der Waals surface area contributed by atoms with E-state index in [0.29, 0.717) is 18.5 Å². The molecule has 1 aromatic carbocycles. The topological polar surface area (TPSA) is 90.3 Å². The molecule has 3 rings (SSSR count). The minimum absolute atomic E-state index is 0.136. The van der Waals surface area contributed by atoms with Crippen molar-refractivity contribution in [3.63, 3.8) is 0 Å². The Kier molecular flexibility index (Phi) is 5.29. The Morgan fingerprint density at radius 1 is 1.19 bits per heavy atom. The van der Waals surface area contributed by atoms with Crippen molar-refractivity contribution in [3.05, 3.63) is 35.6 Å². The molecule has 0 bridgehead atoms. The van der Waals surface area contributed by atoms with Crippen LogP contribution in [-0.2, 0) is 20.9 Å². The van der Waals surface area contributed by atoms with Crippen LogP contribution in [0.4, 0.5) is 4.39 Å². The van der Waals surface area contributed by atoms with Gasteiger partial charge in [0.2, 0.25) is 5.91 Å². The third kappa shape index (κ3) is 3.89. The lowest BCUT2D eigenvalue weighted by atomic mass is 10.0. The van der Waals surface area contributed by atoms with Crippen molar-refractivity contribution in [2.75, 3.05) is 6.54 Å². The fourth-order valence-electron chi connectivity index (χ4n) is 3.24. The molecule has 1 atom stereocenters. The molecule has 1 N–H and O–H groups in total. The number of benzene rings is 1. The summed E-state index contributed by atoms with van der Waals surface area (Å²) in [7, 11) is 0. The van der Waals surface area contributed by atoms with Gasteiger partial charge in [0.25, 0.3) is 5.91 Å². The van der Waals surface area contributed by atoms with Crippen LogP contribution in [-0.4, -0.2) is 51.1 Å². The molecule has 0 aliphatic carbocycles. The van der Waals surface area contributed by atoms with Gasteiger partial charge in [0.05, 0.1) is 6.54 Å². The van der Waals surface area contributed by atoms with Gasteiger partial charge in [0.1, 0.15) is 17.6 Å². The third-order valence-electron chi connectivity index (χ3n) is 4.65. The lowest BCUT2D eigenvalue weighted by Gasteiger charge is -2.34. The van der Waals surface area contributed by atoms with Gasteiger partial charge in [-0.1, -0.05) is 12.1 Å². The first-order valence-electron chi connectivity index (χ1n) is 8.62. The number of hydrazone groups is 1. The zero-order chi connectivity index (χ0) is 18.7. The van der Waals surface area contributed by atoms with Gasteiger partial charge >= 0.3 is 5.97 Å². The lowest BCUT2D eigenvalue weighted by molar-refractivity contribution is -0.149. The van der Waals surface area contributed by atoms with Crippen LogP contribution in [0.5, 0.6) is 0 Å². The molecule has 0 saturated carbocycles. The van der Waals surface area contributed by atoms with Gasteiger partial charge in [-0.2, -0.15) is 5.10 Å². The van der Waals surface area contributed by atoms with Crippen molar-refractivity contribution >= 4 is 23.5 Å². The number of carboxylic acids is 1. The normalized spacial score (nSPS) is 20.7. The molecular formula is C18H20FN3O4. The van der Waals surface area contributed by atoms with Crippen molar-refractivity contribution in [3.8, 4) is 0 Å². The van der Waals surface area contributed by atoms with Crippen molar-refractivity contribution in [1.82, 2.24) is 9.91 Å². The number of carboxylic acid groups (broad SMARTS) is 1. The van der Waals surface area contributed by atoms with Gasteiger partial charge in [0, 0.05) is 19.4 Å². The molecule has 0 spiro atoms. The number of nitrogens with zero attached hydrogens (tertiary/aromatic N) is 3. The zero-order valence-corrected chi connectivity index (χ0v) is 14.2. The summed E-state index contributed by atoms with van der Waals surface area (Å²) < 4.78 is 13.0. The van der Waals surface area contributed by atoms with Gasteiger partial charge < -0.3 is 10.0 Å². The summed E-state index contributed by atoms with van der Waals surface area (Å²) >= 11 is 0. The molecule has 8 heteroatoms. The molecule has 1 saturated heterocycles. The monoisotopic (exact) mass is 361 g/mol. The largest absolute Gasteiger partial charge is 0.480 e. The average molecular weight is 361 g/mol. The SMILES string of the molecule is O=C(O)[C@H]1CCCCN1C(=O)C1=NN(Cc2ccc(F)cc2)C(=O)CC1. The van der Waals surface area contributed by atoms with Crippen LogP contribution in [0.25, 0.3) is 0 Å². The van der Waals surface area contributed by atoms with Crippen LogP contribution in [0.2, 0.25) is 0 Å². The van der Waals surface area contributed by atoms with Crippen molar-refractivity contribution < 1.29 is 23.9 Å². The summed E-state index contributed by atoms with van der Waals surface area (Å²) in [5.41, 5.74) is 0.887. The highest BCUT2D eigenvalue weighted by molar-refractivity contribution is 6.39. The van der Waals surface area contributed by atoms with Crippen LogP contribution in [0.15, 0.2) is 29.4 Å². The quantitative estimate of drug-likeness (QED) is 0.885. The maximum Gasteiger partial charge on any atom is 0.326 e. The summed E-state index contributed by atoms with van der Waals surface area (Å²) in [6.07, 6.45) is 2.27. The number of amides is 2. The smallest absolute Gasteiger partial charge is 0.326 e. The standard InChI is InChI=1S/C18H20FN3O4/c19-13-6-4-12(5-7-13)11-22-16(23)9-8-14(20-22)17(24)21-10-2-1-3-15(21)18(25)26/h4-7,15H,1-3,8-11H2,(H,25,26)/t15-/m1/s1. The number of likely N-dealkylation sites (tertiary alicyclic amines) is 1. The Morgan fingerprint density at radius 3 is 2.62 bits per heavy atom. The molecule has 0 aromatic heterocycles. The number of carbonyl (C=O) groups excluding carboxylic acids is 2. The zero-order valence-electron chi connectivity index (χ0n) is 14.2. The summed E-state index contributed by atoms with van der Waals surface area (Å²) in [6.45, 7) is 0.513. The van der Waals surface area contributed by atoms with E-state index in [9.17, 15) is 23.9 Å². The molecule has 138 valence electrons. The van der Waals surface area contributed by atoms with Crippen LogP contribution < -0.4 is 0 Å². The fourth-order valence-corrected chi connectivity index (χ4v) is 3.24. The minimum Gasteiger partial charge on any atom is -0.480 e. The van der Waals surface area contributed by atoms with Crippen LogP contribution in [0.1, 0.15) is 37.7 Å². The Morgan fingerprint density at radius 2 is 1.92 bits per heavy atom. The van der Waals surface area contributed by atoms with Gasteiger partial charge in [-0.25, -0.2) is 14.2 Å². The summed E-state index contributed by atoms with van der Waals surface area (Å²) in [5, 5.41) is 14.7. The number of piperidine rings is 1. The first-order chi connectivity index (χ1) is 12.5. The van der Waals surface area contributed by atoms with E-state index >= 15 is 0 Å². The summed E-state index contributed by atoms with van der Waals surface area (Å²) in [4.78, 5) is 37.6. The molecule has 1 fully saturated rings. The van der Waals surface area contributed by atoms with Crippen molar-refractivity contribution in [2.24, 2.45) is 5.10 Å². The minimum atomic E-state index is -1.02. The van der Waals surface area contributed by atoms with E-state index < -0.39 is 17.9 Å². The van der Waals surface area contributed by atoms with Crippen molar-refractivity contribution in [2.45, 2.75) is 44.7 Å². The number of rotatable bonds is 4. The number of hydrogen-bond donors (Lipinski definition) is 1. The van der Waals surface area contributed by atoms with Crippen molar-refractivity contribution in [1.29, 1.82) is 0 Å². The van der Waals surface area contributed by atoms with Gasteiger partial charge in [-0.05, 0) is 37.0 Å².